The van der Waals surface area contributed by atoms with Crippen molar-refractivity contribution in [3.63, 3.8) is 0 Å². The molecule has 0 saturated carbocycles. The number of nitrogens with zero attached hydrogens (tertiary/aromatic N) is 1. The monoisotopic (exact) mass is 381 g/mol. The molecule has 2 aromatic carbocycles. The van der Waals surface area contributed by atoms with Crippen molar-refractivity contribution in [1.82, 2.24) is 4.57 Å². The van der Waals surface area contributed by atoms with Crippen molar-refractivity contribution in [2.24, 2.45) is 0 Å². The highest BCUT2D eigenvalue weighted by molar-refractivity contribution is 6.90. The van der Waals surface area contributed by atoms with Crippen LogP contribution < -0.4 is 9.92 Å². The second kappa shape index (κ2) is 8.01. The minimum Gasteiger partial charge on any atom is -0.497 e. The van der Waals surface area contributed by atoms with Gasteiger partial charge in [-0.1, -0.05) is 48.6 Å². The first-order valence-corrected chi connectivity index (χ1v) is 12.4. The first kappa shape index (κ1) is 19.2. The molecule has 1 aromatic heterocycles. The summed E-state index contributed by atoms with van der Waals surface area (Å²) in [5.74, 6) is 0.667. The van der Waals surface area contributed by atoms with Crippen LogP contribution in [0, 0.1) is 0 Å². The molecule has 4 nitrogen and oxygen atoms in total. The maximum Gasteiger partial charge on any atom is 0.307 e. The second-order valence-corrected chi connectivity index (χ2v) is 11.9. The van der Waals surface area contributed by atoms with Gasteiger partial charge in [0.1, 0.15) is 13.8 Å². The average molecular weight is 382 g/mol. The van der Waals surface area contributed by atoms with E-state index in [1.807, 2.05) is 25.1 Å². The number of methoxy groups -OCH3 is 1. The molecule has 3 rings (SSSR count). The number of hydrogen-bond donors (Lipinski definition) is 0. The first-order chi connectivity index (χ1) is 13.0. The molecule has 142 valence electrons. The predicted octanol–water partition coefficient (Wildman–Crippen LogP) is 4.30. The van der Waals surface area contributed by atoms with Crippen molar-refractivity contribution in [2.75, 3.05) is 13.7 Å². The van der Waals surface area contributed by atoms with Crippen LogP contribution in [-0.4, -0.2) is 32.3 Å². The molecule has 0 aliphatic heterocycles. The topological polar surface area (TPSA) is 40.5 Å². The molecule has 0 N–H and O–H groups in total. The molecule has 0 bridgehead atoms. The molecular formula is C22H27NO3Si. The Labute approximate surface area is 161 Å². The van der Waals surface area contributed by atoms with Gasteiger partial charge in [0.05, 0.1) is 25.7 Å². The number of fused-ring (bicyclic) bond motifs is 1. The van der Waals surface area contributed by atoms with Crippen molar-refractivity contribution in [2.45, 2.75) is 32.1 Å². The Morgan fingerprint density at radius 2 is 1.85 bits per heavy atom. The van der Waals surface area contributed by atoms with Gasteiger partial charge < -0.3 is 14.0 Å². The number of esters is 1. The molecule has 0 spiro atoms. The highest BCUT2D eigenvalue weighted by Crippen LogP contribution is 2.31. The smallest absolute Gasteiger partial charge is 0.307 e. The summed E-state index contributed by atoms with van der Waals surface area (Å²) in [5, 5.41) is 2.46. The Kier molecular flexibility index (Phi) is 5.70. The van der Waals surface area contributed by atoms with Gasteiger partial charge in [0.2, 0.25) is 0 Å². The molecule has 0 aliphatic carbocycles. The van der Waals surface area contributed by atoms with Gasteiger partial charge in [-0.25, -0.2) is 0 Å². The summed E-state index contributed by atoms with van der Waals surface area (Å²) in [6.07, 6.45) is 2.45. The minimum atomic E-state index is -2.03. The summed E-state index contributed by atoms with van der Waals surface area (Å²) in [6.45, 7) is 6.89. The van der Waals surface area contributed by atoms with Crippen LogP contribution in [-0.2, 0) is 9.53 Å². The lowest BCUT2D eigenvalue weighted by Crippen LogP contribution is -2.50. The van der Waals surface area contributed by atoms with E-state index in [1.165, 1.54) is 5.19 Å². The zero-order chi connectivity index (χ0) is 19.4. The quantitative estimate of drug-likeness (QED) is 0.453. The van der Waals surface area contributed by atoms with Crippen molar-refractivity contribution >= 4 is 30.1 Å². The first-order valence-electron chi connectivity index (χ1n) is 9.33. The van der Waals surface area contributed by atoms with E-state index in [4.69, 9.17) is 9.47 Å². The third-order valence-electron chi connectivity index (χ3n) is 5.28. The Morgan fingerprint density at radius 3 is 2.52 bits per heavy atom. The lowest BCUT2D eigenvalue weighted by molar-refractivity contribution is -0.143. The zero-order valence-electron chi connectivity index (χ0n) is 16.4. The molecule has 27 heavy (non-hydrogen) atoms. The predicted molar refractivity (Wildman–Crippen MR) is 112 cm³/mol. The minimum absolute atomic E-state index is 0.0450. The van der Waals surface area contributed by atoms with E-state index in [1.54, 1.807) is 7.11 Å². The molecule has 0 radical (unpaired) electrons. The summed E-state index contributed by atoms with van der Waals surface area (Å²) in [5.41, 5.74) is 1.13. The normalized spacial score (nSPS) is 12.7. The summed E-state index contributed by atoms with van der Waals surface area (Å²) in [6, 6.07) is 18.7. The Balaban J connectivity index is 2.11. The SMILES string of the molecule is CCOC(=O)CC(n1ccc2ccc(OC)cc21)[Si](C)(C)c1ccccc1. The van der Waals surface area contributed by atoms with E-state index in [-0.39, 0.29) is 11.6 Å². The Morgan fingerprint density at radius 1 is 1.11 bits per heavy atom. The van der Waals surface area contributed by atoms with Crippen molar-refractivity contribution < 1.29 is 14.3 Å². The van der Waals surface area contributed by atoms with Crippen molar-refractivity contribution in [3.05, 3.63) is 60.8 Å². The molecule has 0 fully saturated rings. The maximum atomic E-state index is 12.4. The Hall–Kier alpha value is -2.53. The fourth-order valence-corrected chi connectivity index (χ4v) is 6.70. The van der Waals surface area contributed by atoms with Gasteiger partial charge in [-0.3, -0.25) is 4.79 Å². The summed E-state index contributed by atoms with van der Waals surface area (Å²) in [7, 11) is -0.355. The van der Waals surface area contributed by atoms with Crippen LogP contribution in [0.25, 0.3) is 10.9 Å². The Bertz CT molecular complexity index is 918. The molecular weight excluding hydrogens is 354 g/mol. The average Bonchev–Trinajstić information content (AvgIpc) is 3.09. The number of carbonyl (C=O) groups is 1. The number of rotatable bonds is 7. The second-order valence-electron chi connectivity index (χ2n) is 7.26. The number of benzene rings is 2. The van der Waals surface area contributed by atoms with Crippen molar-refractivity contribution in [1.29, 1.82) is 0 Å². The standard InChI is InChI=1S/C22H27NO3Si/c1-5-26-22(24)16-21(27(3,4)19-9-7-6-8-10-19)23-14-13-17-11-12-18(25-2)15-20(17)23/h6-15,21H,5,16H2,1-4H3. The molecule has 1 unspecified atom stereocenters. The van der Waals surface area contributed by atoms with E-state index in [0.717, 1.165) is 16.7 Å². The van der Waals surface area contributed by atoms with Gasteiger partial charge in [0, 0.05) is 17.9 Å². The lowest BCUT2D eigenvalue weighted by atomic mass is 10.2. The van der Waals surface area contributed by atoms with Crippen LogP contribution >= 0.6 is 0 Å². The molecule has 0 aliphatic rings. The fraction of sp³-hybridized carbons (Fsp3) is 0.318. The van der Waals surface area contributed by atoms with Gasteiger partial charge in [-0.15, -0.1) is 0 Å². The summed E-state index contributed by atoms with van der Waals surface area (Å²) < 4.78 is 13.0. The van der Waals surface area contributed by atoms with Gasteiger partial charge in [0.15, 0.2) is 0 Å². The number of aromatic nitrogens is 1. The molecule has 0 amide bonds. The third-order valence-corrected chi connectivity index (χ3v) is 9.25. The summed E-state index contributed by atoms with van der Waals surface area (Å²) in [4.78, 5) is 12.4. The van der Waals surface area contributed by atoms with E-state index in [2.05, 4.69) is 60.3 Å². The van der Waals surface area contributed by atoms with Crippen LogP contribution in [0.3, 0.4) is 0 Å². The highest BCUT2D eigenvalue weighted by atomic mass is 28.3. The molecule has 1 atom stereocenters. The van der Waals surface area contributed by atoms with Crippen LogP contribution in [0.5, 0.6) is 5.75 Å². The fourth-order valence-electron chi connectivity index (χ4n) is 3.67. The maximum absolute atomic E-state index is 12.4. The van der Waals surface area contributed by atoms with Crippen LogP contribution in [0.1, 0.15) is 19.0 Å². The van der Waals surface area contributed by atoms with E-state index < -0.39 is 8.07 Å². The number of ether oxygens (including phenoxy) is 2. The molecule has 0 saturated heterocycles. The van der Waals surface area contributed by atoms with Crippen LogP contribution in [0.15, 0.2) is 60.8 Å². The van der Waals surface area contributed by atoms with Crippen LogP contribution in [0.2, 0.25) is 13.1 Å². The van der Waals surface area contributed by atoms with Gasteiger partial charge in [-0.2, -0.15) is 0 Å². The van der Waals surface area contributed by atoms with Crippen molar-refractivity contribution in [3.8, 4) is 5.75 Å². The van der Waals surface area contributed by atoms with E-state index in [9.17, 15) is 4.79 Å². The highest BCUT2D eigenvalue weighted by Gasteiger charge is 2.37. The molecule has 1 heterocycles. The van der Waals surface area contributed by atoms with Gasteiger partial charge >= 0.3 is 5.97 Å². The van der Waals surface area contributed by atoms with Crippen LogP contribution in [0.4, 0.5) is 0 Å². The van der Waals surface area contributed by atoms with Gasteiger partial charge in [0.25, 0.3) is 0 Å². The molecule has 5 heteroatoms. The largest absolute Gasteiger partial charge is 0.497 e. The number of carbonyl (C=O) groups excluding carboxylic acids is 1. The van der Waals surface area contributed by atoms with E-state index >= 15 is 0 Å². The van der Waals surface area contributed by atoms with E-state index in [0.29, 0.717) is 13.0 Å². The molecule has 3 aromatic rings. The number of hydrogen-bond acceptors (Lipinski definition) is 3. The zero-order valence-corrected chi connectivity index (χ0v) is 17.4. The van der Waals surface area contributed by atoms with Gasteiger partial charge in [-0.05, 0) is 30.5 Å². The lowest BCUT2D eigenvalue weighted by Gasteiger charge is -2.34. The summed E-state index contributed by atoms with van der Waals surface area (Å²) >= 11 is 0. The third kappa shape index (κ3) is 3.93.